The molecule has 0 saturated heterocycles. The summed E-state index contributed by atoms with van der Waals surface area (Å²) in [7, 11) is 1.33. The van der Waals surface area contributed by atoms with Crippen LogP contribution in [-0.4, -0.2) is 19.6 Å². The molecule has 5 heteroatoms. The van der Waals surface area contributed by atoms with Crippen molar-refractivity contribution < 1.29 is 9.53 Å². The minimum absolute atomic E-state index is 0.0850. The first-order valence-corrected chi connectivity index (χ1v) is 4.42. The van der Waals surface area contributed by atoms with Crippen LogP contribution >= 0.6 is 11.6 Å². The van der Waals surface area contributed by atoms with Gasteiger partial charge >= 0.3 is 5.97 Å². The number of carbonyl (C=O) groups excluding carboxylic acids is 1. The Bertz CT molecular complexity index is 317. The van der Waals surface area contributed by atoms with Crippen LogP contribution in [0.2, 0.25) is 5.02 Å². The third-order valence-corrected chi connectivity index (χ3v) is 1.89. The molecular formula is C9H11ClN2O2. The zero-order valence-corrected chi connectivity index (χ0v) is 8.47. The van der Waals surface area contributed by atoms with Gasteiger partial charge in [0.1, 0.15) is 6.54 Å². The van der Waals surface area contributed by atoms with Crippen molar-refractivity contribution in [2.75, 3.05) is 19.1 Å². The van der Waals surface area contributed by atoms with E-state index in [-0.39, 0.29) is 12.5 Å². The molecule has 0 spiro atoms. The number of hydrogen-bond donors (Lipinski definition) is 2. The highest BCUT2D eigenvalue weighted by Gasteiger charge is 2.00. The second-order valence-electron chi connectivity index (χ2n) is 2.53. The molecule has 0 heterocycles. The summed E-state index contributed by atoms with van der Waals surface area (Å²) in [6.45, 7) is 0.0850. The average Bonchev–Trinajstić information content (AvgIpc) is 2.20. The second-order valence-corrected chi connectivity index (χ2v) is 2.94. The first-order valence-electron chi connectivity index (χ1n) is 4.04. The van der Waals surface area contributed by atoms with E-state index in [9.17, 15) is 4.79 Å². The summed E-state index contributed by atoms with van der Waals surface area (Å²) in [5.74, 6) is -0.343. The van der Waals surface area contributed by atoms with Gasteiger partial charge in [0.05, 0.1) is 17.8 Å². The highest BCUT2D eigenvalue weighted by atomic mass is 35.5. The smallest absolute Gasteiger partial charge is 0.321 e. The molecular weight excluding hydrogens is 204 g/mol. The van der Waals surface area contributed by atoms with Crippen LogP contribution in [0.4, 0.5) is 5.69 Å². The first-order chi connectivity index (χ1) is 6.74. The monoisotopic (exact) mass is 214 g/mol. The Morgan fingerprint density at radius 1 is 1.50 bits per heavy atom. The summed E-state index contributed by atoms with van der Waals surface area (Å²) in [6.07, 6.45) is 0. The number of nitrogens with one attached hydrogen (secondary N) is 2. The number of carbonyl (C=O) groups is 1. The molecule has 0 fully saturated rings. The van der Waals surface area contributed by atoms with E-state index < -0.39 is 0 Å². The molecule has 2 N–H and O–H groups in total. The number of halogens is 1. The second kappa shape index (κ2) is 5.47. The molecule has 1 rings (SSSR count). The van der Waals surface area contributed by atoms with Gasteiger partial charge in [-0.05, 0) is 12.1 Å². The number of rotatable bonds is 4. The molecule has 1 aromatic carbocycles. The third kappa shape index (κ3) is 3.24. The molecule has 0 aliphatic rings. The highest BCUT2D eigenvalue weighted by molar-refractivity contribution is 6.33. The maximum absolute atomic E-state index is 10.7. The fourth-order valence-corrected chi connectivity index (χ4v) is 1.03. The van der Waals surface area contributed by atoms with Crippen LogP contribution in [0.3, 0.4) is 0 Å². The number of methoxy groups -OCH3 is 1. The Balaban J connectivity index is 2.39. The molecule has 0 saturated carbocycles. The largest absolute Gasteiger partial charge is 0.468 e. The normalized spacial score (nSPS) is 9.57. The van der Waals surface area contributed by atoms with Crippen molar-refractivity contribution >= 4 is 23.3 Å². The molecule has 0 aliphatic heterocycles. The van der Waals surface area contributed by atoms with Gasteiger partial charge in [0, 0.05) is 0 Å². The number of hydrogen-bond acceptors (Lipinski definition) is 4. The van der Waals surface area contributed by atoms with E-state index in [4.69, 9.17) is 11.6 Å². The van der Waals surface area contributed by atoms with E-state index in [1.54, 1.807) is 12.1 Å². The van der Waals surface area contributed by atoms with E-state index in [0.717, 1.165) is 5.69 Å². The van der Waals surface area contributed by atoms with Gasteiger partial charge in [-0.15, -0.1) is 0 Å². The Labute approximate surface area is 87.2 Å². The van der Waals surface area contributed by atoms with Crippen LogP contribution in [0.25, 0.3) is 0 Å². The summed E-state index contributed by atoms with van der Waals surface area (Å²) in [5.41, 5.74) is 6.20. The highest BCUT2D eigenvalue weighted by Crippen LogP contribution is 2.18. The van der Waals surface area contributed by atoms with E-state index in [1.807, 2.05) is 12.1 Å². The molecule has 14 heavy (non-hydrogen) atoms. The van der Waals surface area contributed by atoms with E-state index in [0.29, 0.717) is 5.02 Å². The molecule has 1 aromatic rings. The van der Waals surface area contributed by atoms with Crippen LogP contribution in [0, 0.1) is 0 Å². The van der Waals surface area contributed by atoms with E-state index >= 15 is 0 Å². The molecule has 0 aromatic heterocycles. The summed E-state index contributed by atoms with van der Waals surface area (Å²) in [4.78, 5) is 10.7. The maximum atomic E-state index is 10.7. The summed E-state index contributed by atoms with van der Waals surface area (Å²) >= 11 is 5.85. The van der Waals surface area contributed by atoms with Gasteiger partial charge in [-0.25, -0.2) is 5.43 Å². The molecule has 4 nitrogen and oxygen atoms in total. The van der Waals surface area contributed by atoms with Crippen molar-refractivity contribution in [1.29, 1.82) is 0 Å². The summed E-state index contributed by atoms with van der Waals surface area (Å²) in [6, 6.07) is 7.22. The van der Waals surface area contributed by atoms with Gasteiger partial charge < -0.3 is 10.2 Å². The van der Waals surface area contributed by atoms with Crippen LogP contribution < -0.4 is 10.9 Å². The van der Waals surface area contributed by atoms with Gasteiger partial charge in [0.2, 0.25) is 0 Å². The van der Waals surface area contributed by atoms with Crippen molar-refractivity contribution in [3.63, 3.8) is 0 Å². The fraction of sp³-hybridized carbons (Fsp3) is 0.222. The maximum Gasteiger partial charge on any atom is 0.321 e. The number of hydrazine groups is 1. The quantitative estimate of drug-likeness (QED) is 0.588. The number of para-hydroxylation sites is 1. The van der Waals surface area contributed by atoms with Gasteiger partial charge in [-0.1, -0.05) is 23.7 Å². The Hall–Kier alpha value is -1.26. The predicted molar refractivity (Wildman–Crippen MR) is 55.1 cm³/mol. The average molecular weight is 215 g/mol. The lowest BCUT2D eigenvalue weighted by atomic mass is 10.3. The molecule has 0 bridgehead atoms. The summed E-state index contributed by atoms with van der Waals surface area (Å²) in [5, 5.41) is 0.588. The predicted octanol–water partition coefficient (Wildman–Crippen LogP) is 1.43. The van der Waals surface area contributed by atoms with Crippen molar-refractivity contribution in [3.05, 3.63) is 29.3 Å². The molecule has 0 unspecified atom stereocenters. The van der Waals surface area contributed by atoms with Crippen LogP contribution in [0.1, 0.15) is 0 Å². The van der Waals surface area contributed by atoms with Crippen LogP contribution in [0.5, 0.6) is 0 Å². The van der Waals surface area contributed by atoms with Crippen molar-refractivity contribution in [1.82, 2.24) is 5.43 Å². The SMILES string of the molecule is COC(=O)CNNc1ccccc1Cl. The first kappa shape index (κ1) is 10.8. The number of esters is 1. The molecule has 76 valence electrons. The van der Waals surface area contributed by atoms with Crippen molar-refractivity contribution in [3.8, 4) is 0 Å². The fourth-order valence-electron chi connectivity index (χ4n) is 0.846. The topological polar surface area (TPSA) is 50.4 Å². The molecule has 0 amide bonds. The minimum atomic E-state index is -0.343. The van der Waals surface area contributed by atoms with Gasteiger partial charge in [0.25, 0.3) is 0 Å². The Morgan fingerprint density at radius 2 is 2.21 bits per heavy atom. The molecule has 0 radical (unpaired) electrons. The van der Waals surface area contributed by atoms with Gasteiger partial charge in [-0.2, -0.15) is 0 Å². The zero-order chi connectivity index (χ0) is 10.4. The summed E-state index contributed by atoms with van der Waals surface area (Å²) < 4.78 is 4.44. The van der Waals surface area contributed by atoms with Crippen molar-refractivity contribution in [2.24, 2.45) is 0 Å². The third-order valence-electron chi connectivity index (χ3n) is 1.56. The van der Waals surface area contributed by atoms with Gasteiger partial charge in [0.15, 0.2) is 0 Å². The lowest BCUT2D eigenvalue weighted by molar-refractivity contribution is -0.139. The lowest BCUT2D eigenvalue weighted by Crippen LogP contribution is -2.29. The number of benzene rings is 1. The number of ether oxygens (including phenoxy) is 1. The molecule has 0 aliphatic carbocycles. The Morgan fingerprint density at radius 3 is 2.86 bits per heavy atom. The Kier molecular flexibility index (Phi) is 4.22. The minimum Gasteiger partial charge on any atom is -0.468 e. The van der Waals surface area contributed by atoms with Crippen molar-refractivity contribution in [2.45, 2.75) is 0 Å². The molecule has 0 atom stereocenters. The van der Waals surface area contributed by atoms with Crippen LogP contribution in [0.15, 0.2) is 24.3 Å². The standard InChI is InChI=1S/C9H11ClN2O2/c1-14-9(13)6-11-12-8-5-3-2-4-7(8)10/h2-5,11-12H,6H2,1H3. The zero-order valence-electron chi connectivity index (χ0n) is 7.71. The number of anilines is 1. The lowest BCUT2D eigenvalue weighted by Gasteiger charge is -2.08. The van der Waals surface area contributed by atoms with E-state index in [2.05, 4.69) is 15.6 Å². The van der Waals surface area contributed by atoms with Gasteiger partial charge in [-0.3, -0.25) is 4.79 Å². The van der Waals surface area contributed by atoms with Crippen LogP contribution in [-0.2, 0) is 9.53 Å². The van der Waals surface area contributed by atoms with E-state index in [1.165, 1.54) is 7.11 Å².